The lowest BCUT2D eigenvalue weighted by atomic mass is 10.2. The molecule has 2 unspecified atom stereocenters. The minimum Gasteiger partial charge on any atom is -0.607 e. The molecule has 0 spiro atoms. The Morgan fingerprint density at radius 1 is 1.19 bits per heavy atom. The first-order valence-electron chi connectivity index (χ1n) is 8.89. The highest BCUT2D eigenvalue weighted by molar-refractivity contribution is 7.91. The van der Waals surface area contributed by atoms with E-state index in [9.17, 15) is 9.35 Å². The number of imidazole rings is 1. The number of carbonyl (C=O) groups is 1. The van der Waals surface area contributed by atoms with Gasteiger partial charge in [-0.3, -0.25) is 4.79 Å². The Balaban J connectivity index is 1.81. The molecular formula is C20H20N4O2S. The zero-order valence-electron chi connectivity index (χ0n) is 15.0. The van der Waals surface area contributed by atoms with Crippen molar-refractivity contribution in [1.82, 2.24) is 19.9 Å². The molecule has 1 aliphatic rings. The highest BCUT2D eigenvalue weighted by Gasteiger charge is 2.36. The van der Waals surface area contributed by atoms with Gasteiger partial charge in [0.2, 0.25) is 11.3 Å². The number of pyridine rings is 1. The normalized spacial score (nSPS) is 15.2. The number of hydrogen-bond donors (Lipinski definition) is 1. The fraction of sp³-hybridized carbons (Fsp3) is 0.250. The number of aryl methyl sites for hydroxylation is 1. The molecule has 2 atom stereocenters. The third-order valence-corrected chi connectivity index (χ3v) is 6.01. The molecular weight excluding hydrogens is 360 g/mol. The fourth-order valence-electron chi connectivity index (χ4n) is 3.39. The Hall–Kier alpha value is -2.64. The molecule has 0 radical (unpaired) electrons. The molecule has 1 amide bonds. The van der Waals surface area contributed by atoms with Gasteiger partial charge in [-0.1, -0.05) is 36.4 Å². The lowest BCUT2D eigenvalue weighted by molar-refractivity contribution is -0.119. The quantitative estimate of drug-likeness (QED) is 0.690. The molecule has 0 saturated heterocycles. The molecule has 27 heavy (non-hydrogen) atoms. The first-order chi connectivity index (χ1) is 13.1. The van der Waals surface area contributed by atoms with Gasteiger partial charge in [-0.05, 0) is 31.4 Å². The number of hydrogen-bond acceptors (Lipinski definition) is 4. The van der Waals surface area contributed by atoms with Crippen LogP contribution in [0.3, 0.4) is 0 Å². The van der Waals surface area contributed by atoms with Crippen molar-refractivity contribution in [3.8, 4) is 5.82 Å². The third kappa shape index (κ3) is 3.48. The van der Waals surface area contributed by atoms with Crippen LogP contribution in [-0.2, 0) is 28.8 Å². The van der Waals surface area contributed by atoms with Crippen LogP contribution in [0.2, 0.25) is 0 Å². The summed E-state index contributed by atoms with van der Waals surface area (Å²) in [5.74, 6) is 0.465. The molecule has 1 aromatic carbocycles. The Labute approximate surface area is 160 Å². The van der Waals surface area contributed by atoms with Crippen LogP contribution in [-0.4, -0.2) is 25.0 Å². The maximum absolute atomic E-state index is 13.6. The summed E-state index contributed by atoms with van der Waals surface area (Å²) in [4.78, 5) is 20.9. The second kappa shape index (κ2) is 7.54. The minimum absolute atomic E-state index is 0.235. The number of fused-ring (bicyclic) bond motifs is 1. The lowest BCUT2D eigenvalue weighted by Crippen LogP contribution is -2.33. The number of nitrogens with zero attached hydrogens (tertiary/aromatic N) is 3. The van der Waals surface area contributed by atoms with Crippen molar-refractivity contribution in [2.45, 2.75) is 36.7 Å². The van der Waals surface area contributed by atoms with E-state index in [1.165, 1.54) is 6.92 Å². The molecule has 4 rings (SSSR count). The van der Waals surface area contributed by atoms with E-state index in [4.69, 9.17) is 4.98 Å². The molecule has 2 aromatic heterocycles. The van der Waals surface area contributed by atoms with Crippen LogP contribution in [0.4, 0.5) is 0 Å². The summed E-state index contributed by atoms with van der Waals surface area (Å²) < 4.78 is 15.5. The van der Waals surface area contributed by atoms with Gasteiger partial charge in [-0.2, -0.15) is 4.98 Å². The summed E-state index contributed by atoms with van der Waals surface area (Å²) in [6.45, 7) is 1.43. The van der Waals surface area contributed by atoms with Crippen LogP contribution in [0.25, 0.3) is 5.82 Å². The number of amides is 1. The molecule has 1 aliphatic carbocycles. The number of aromatic nitrogens is 3. The summed E-state index contributed by atoms with van der Waals surface area (Å²) in [5, 5.41) is 2.58. The van der Waals surface area contributed by atoms with E-state index in [0.29, 0.717) is 11.0 Å². The highest BCUT2D eigenvalue weighted by Crippen LogP contribution is 2.33. The first kappa shape index (κ1) is 17.8. The Morgan fingerprint density at radius 2 is 1.96 bits per heavy atom. The number of benzene rings is 1. The average Bonchev–Trinajstić information content (AvgIpc) is 3.28. The summed E-state index contributed by atoms with van der Waals surface area (Å²) in [5.41, 5.74) is 2.81. The first-order valence-corrected chi connectivity index (χ1v) is 10.1. The molecule has 2 heterocycles. The van der Waals surface area contributed by atoms with E-state index >= 15 is 0 Å². The van der Waals surface area contributed by atoms with Crippen molar-refractivity contribution in [2.75, 3.05) is 0 Å². The topological polar surface area (TPSA) is 82.9 Å². The van der Waals surface area contributed by atoms with Gasteiger partial charge in [-0.15, -0.1) is 0 Å². The average molecular weight is 380 g/mol. The lowest BCUT2D eigenvalue weighted by Gasteiger charge is -2.22. The van der Waals surface area contributed by atoms with Crippen molar-refractivity contribution in [3.05, 3.63) is 71.7 Å². The van der Waals surface area contributed by atoms with Gasteiger partial charge >= 0.3 is 5.16 Å². The largest absolute Gasteiger partial charge is 0.607 e. The summed E-state index contributed by atoms with van der Waals surface area (Å²) in [7, 11) is 0. The molecule has 6 nitrogen and oxygen atoms in total. The Bertz CT molecular complexity index is 943. The van der Waals surface area contributed by atoms with E-state index in [2.05, 4.69) is 10.3 Å². The second-order valence-electron chi connectivity index (χ2n) is 6.45. The van der Waals surface area contributed by atoms with Gasteiger partial charge in [0, 0.05) is 18.7 Å². The smallest absolute Gasteiger partial charge is 0.331 e. The van der Waals surface area contributed by atoms with E-state index in [1.807, 2.05) is 53.1 Å². The summed E-state index contributed by atoms with van der Waals surface area (Å²) in [6.07, 6.45) is 4.50. The van der Waals surface area contributed by atoms with Gasteiger partial charge in [0.25, 0.3) is 0 Å². The predicted octanol–water partition coefficient (Wildman–Crippen LogP) is 2.70. The van der Waals surface area contributed by atoms with Gasteiger partial charge < -0.3 is 9.87 Å². The van der Waals surface area contributed by atoms with Crippen molar-refractivity contribution >= 4 is 17.1 Å². The molecule has 0 bridgehead atoms. The van der Waals surface area contributed by atoms with Crippen LogP contribution in [0.15, 0.2) is 59.9 Å². The maximum atomic E-state index is 13.6. The van der Waals surface area contributed by atoms with Gasteiger partial charge in [0.05, 0.1) is 22.6 Å². The van der Waals surface area contributed by atoms with Gasteiger partial charge in [0.1, 0.15) is 5.82 Å². The molecule has 1 N–H and O–H groups in total. The van der Waals surface area contributed by atoms with E-state index < -0.39 is 16.5 Å². The Kier molecular flexibility index (Phi) is 4.96. The van der Waals surface area contributed by atoms with E-state index in [0.717, 1.165) is 36.2 Å². The summed E-state index contributed by atoms with van der Waals surface area (Å²) >= 11 is -1.58. The van der Waals surface area contributed by atoms with Crippen LogP contribution in [0, 0.1) is 0 Å². The second-order valence-corrected chi connectivity index (χ2v) is 7.88. The molecule has 138 valence electrons. The highest BCUT2D eigenvalue weighted by atomic mass is 32.2. The van der Waals surface area contributed by atoms with Crippen LogP contribution >= 0.6 is 0 Å². The number of rotatable bonds is 5. The van der Waals surface area contributed by atoms with Gasteiger partial charge in [0.15, 0.2) is 0 Å². The van der Waals surface area contributed by atoms with E-state index in [1.54, 1.807) is 6.20 Å². The van der Waals surface area contributed by atoms with Crippen molar-refractivity contribution < 1.29 is 9.35 Å². The Morgan fingerprint density at radius 3 is 2.67 bits per heavy atom. The van der Waals surface area contributed by atoms with Crippen LogP contribution in [0.5, 0.6) is 0 Å². The monoisotopic (exact) mass is 380 g/mol. The zero-order chi connectivity index (χ0) is 18.8. The fourth-order valence-corrected chi connectivity index (χ4v) is 4.86. The van der Waals surface area contributed by atoms with Crippen LogP contribution in [0.1, 0.15) is 35.7 Å². The zero-order valence-corrected chi connectivity index (χ0v) is 15.8. The maximum Gasteiger partial charge on any atom is 0.331 e. The molecule has 3 aromatic rings. The molecule has 7 heteroatoms. The van der Waals surface area contributed by atoms with Crippen molar-refractivity contribution in [1.29, 1.82) is 0 Å². The number of nitrogens with one attached hydrogen (secondary N) is 1. The predicted molar refractivity (Wildman–Crippen MR) is 103 cm³/mol. The molecule has 0 aliphatic heterocycles. The third-order valence-electron chi connectivity index (χ3n) is 4.56. The molecule has 0 saturated carbocycles. The van der Waals surface area contributed by atoms with Crippen LogP contribution < -0.4 is 5.32 Å². The van der Waals surface area contributed by atoms with Gasteiger partial charge in [-0.25, -0.2) is 9.55 Å². The minimum atomic E-state index is -1.58. The summed E-state index contributed by atoms with van der Waals surface area (Å²) in [6, 6.07) is 15.0. The number of carbonyl (C=O) groups excluding carboxylic acids is 1. The SMILES string of the molecule is CC(=O)NC(c1ccccc1)[S+]([O-])c1nc2c(n1-c1ccccn1)CCC2. The van der Waals surface area contributed by atoms with Crippen molar-refractivity contribution in [3.63, 3.8) is 0 Å². The van der Waals surface area contributed by atoms with E-state index in [-0.39, 0.29) is 5.91 Å². The van der Waals surface area contributed by atoms with Crippen molar-refractivity contribution in [2.24, 2.45) is 0 Å². The standard InChI is InChI=1S/C20H20N4O2S/c1-14(25)22-19(15-8-3-2-4-9-15)27(26)20-23-16-10-7-11-17(16)24(20)18-12-5-6-13-21-18/h2-6,8-9,12-13,19H,7,10-11H2,1H3,(H,22,25). The molecule has 0 fully saturated rings.